The lowest BCUT2D eigenvalue weighted by atomic mass is 10.0. The van der Waals surface area contributed by atoms with Crippen LogP contribution in [0, 0.1) is 10.1 Å². The summed E-state index contributed by atoms with van der Waals surface area (Å²) in [7, 11) is 0. The van der Waals surface area contributed by atoms with Gasteiger partial charge in [0.2, 0.25) is 0 Å². The van der Waals surface area contributed by atoms with Crippen LogP contribution in [-0.2, 0) is 0 Å². The summed E-state index contributed by atoms with van der Waals surface area (Å²) in [6, 6.07) is 12.9. The molecule has 1 aromatic heterocycles. The van der Waals surface area contributed by atoms with Gasteiger partial charge in [0.1, 0.15) is 5.82 Å². The van der Waals surface area contributed by atoms with Gasteiger partial charge in [0.15, 0.2) is 0 Å². The molecule has 1 heterocycles. The molecule has 19 heavy (non-hydrogen) atoms. The van der Waals surface area contributed by atoms with Gasteiger partial charge in [0, 0.05) is 12.3 Å². The van der Waals surface area contributed by atoms with Crippen molar-refractivity contribution in [3.05, 3.63) is 64.3 Å². The van der Waals surface area contributed by atoms with E-state index in [9.17, 15) is 10.1 Å². The van der Waals surface area contributed by atoms with Gasteiger partial charge >= 0.3 is 0 Å². The number of nitrogens with one attached hydrogen (secondary N) is 1. The highest BCUT2D eigenvalue weighted by Crippen LogP contribution is 2.23. The highest BCUT2D eigenvalue weighted by molar-refractivity contribution is 5.46. The molecule has 0 bridgehead atoms. The normalized spacial score (nSPS) is 11.8. The zero-order valence-electron chi connectivity index (χ0n) is 10.6. The Morgan fingerprint density at radius 2 is 2.05 bits per heavy atom. The van der Waals surface area contributed by atoms with Crippen molar-refractivity contribution in [3.8, 4) is 0 Å². The average molecular weight is 257 g/mol. The number of pyridine rings is 1. The van der Waals surface area contributed by atoms with Crippen LogP contribution in [0.4, 0.5) is 11.5 Å². The minimum Gasteiger partial charge on any atom is -0.363 e. The van der Waals surface area contributed by atoms with Gasteiger partial charge in [-0.25, -0.2) is 4.98 Å². The third-order valence-electron chi connectivity index (χ3n) is 2.89. The molecule has 5 heteroatoms. The Morgan fingerprint density at radius 3 is 2.68 bits per heavy atom. The first kappa shape index (κ1) is 13.0. The van der Waals surface area contributed by atoms with Gasteiger partial charge in [-0.05, 0) is 12.0 Å². The fourth-order valence-electron chi connectivity index (χ4n) is 1.90. The number of hydrogen-bond acceptors (Lipinski definition) is 4. The lowest BCUT2D eigenvalue weighted by Gasteiger charge is -2.17. The fraction of sp³-hybridized carbons (Fsp3) is 0.214. The van der Waals surface area contributed by atoms with Crippen LogP contribution in [0.3, 0.4) is 0 Å². The van der Waals surface area contributed by atoms with Crippen LogP contribution in [0.5, 0.6) is 0 Å². The SMILES string of the molecule is CCC(Nc1cc([N+](=O)[O-])ccn1)c1ccccc1. The van der Waals surface area contributed by atoms with Crippen LogP contribution in [0.15, 0.2) is 48.7 Å². The molecule has 1 atom stereocenters. The predicted octanol–water partition coefficient (Wildman–Crippen LogP) is 3.55. The van der Waals surface area contributed by atoms with E-state index in [1.165, 1.54) is 18.3 Å². The molecular weight excluding hydrogens is 242 g/mol. The first-order chi connectivity index (χ1) is 9.20. The van der Waals surface area contributed by atoms with E-state index < -0.39 is 4.92 Å². The molecule has 0 amide bonds. The standard InChI is InChI=1S/C14H15N3O2/c1-2-13(11-6-4-3-5-7-11)16-14-10-12(17(18)19)8-9-15-14/h3-10,13H,2H2,1H3,(H,15,16). The molecule has 1 N–H and O–H groups in total. The van der Waals surface area contributed by atoms with Crippen molar-refractivity contribution in [2.45, 2.75) is 19.4 Å². The van der Waals surface area contributed by atoms with Crippen LogP contribution < -0.4 is 5.32 Å². The Bertz CT molecular complexity index is 558. The summed E-state index contributed by atoms with van der Waals surface area (Å²) in [5, 5.41) is 14.0. The number of rotatable bonds is 5. The number of benzene rings is 1. The lowest BCUT2D eigenvalue weighted by molar-refractivity contribution is -0.384. The Hall–Kier alpha value is -2.43. The van der Waals surface area contributed by atoms with Crippen molar-refractivity contribution in [1.29, 1.82) is 0 Å². The molecule has 2 rings (SSSR count). The van der Waals surface area contributed by atoms with Gasteiger partial charge in [-0.3, -0.25) is 10.1 Å². The summed E-state index contributed by atoms with van der Waals surface area (Å²) < 4.78 is 0. The third-order valence-corrected chi connectivity index (χ3v) is 2.89. The molecule has 0 aliphatic heterocycles. The second-order valence-corrected chi connectivity index (χ2v) is 4.17. The minimum atomic E-state index is -0.420. The molecule has 1 unspecified atom stereocenters. The van der Waals surface area contributed by atoms with Crippen molar-refractivity contribution in [1.82, 2.24) is 4.98 Å². The van der Waals surface area contributed by atoms with Crippen LogP contribution in [-0.4, -0.2) is 9.91 Å². The van der Waals surface area contributed by atoms with E-state index in [0.717, 1.165) is 12.0 Å². The van der Waals surface area contributed by atoms with E-state index in [2.05, 4.69) is 17.2 Å². The quantitative estimate of drug-likeness (QED) is 0.657. The molecule has 2 aromatic rings. The molecule has 0 saturated carbocycles. The van der Waals surface area contributed by atoms with E-state index in [4.69, 9.17) is 0 Å². The van der Waals surface area contributed by atoms with E-state index in [0.29, 0.717) is 5.82 Å². The van der Waals surface area contributed by atoms with Gasteiger partial charge in [0.25, 0.3) is 5.69 Å². The molecule has 0 aliphatic carbocycles. The second kappa shape index (κ2) is 5.95. The number of nitro groups is 1. The number of nitrogens with zero attached hydrogens (tertiary/aromatic N) is 2. The number of aromatic nitrogens is 1. The van der Waals surface area contributed by atoms with Gasteiger partial charge in [-0.15, -0.1) is 0 Å². The zero-order chi connectivity index (χ0) is 13.7. The van der Waals surface area contributed by atoms with Crippen LogP contribution in [0.1, 0.15) is 24.9 Å². The molecule has 1 aromatic carbocycles. The molecule has 0 radical (unpaired) electrons. The van der Waals surface area contributed by atoms with E-state index >= 15 is 0 Å². The van der Waals surface area contributed by atoms with Crippen molar-refractivity contribution >= 4 is 11.5 Å². The summed E-state index contributed by atoms with van der Waals surface area (Å²) in [4.78, 5) is 14.4. The summed E-state index contributed by atoms with van der Waals surface area (Å²) in [5.74, 6) is 0.518. The van der Waals surface area contributed by atoms with E-state index in [-0.39, 0.29) is 11.7 Å². The van der Waals surface area contributed by atoms with E-state index in [1.807, 2.05) is 30.3 Å². The maximum Gasteiger partial charge on any atom is 0.274 e. The fourth-order valence-corrected chi connectivity index (χ4v) is 1.90. The maximum absolute atomic E-state index is 10.7. The Morgan fingerprint density at radius 1 is 1.32 bits per heavy atom. The monoisotopic (exact) mass is 257 g/mol. The van der Waals surface area contributed by atoms with Crippen LogP contribution in [0.25, 0.3) is 0 Å². The van der Waals surface area contributed by atoms with Crippen LogP contribution >= 0.6 is 0 Å². The van der Waals surface area contributed by atoms with Gasteiger partial charge in [-0.1, -0.05) is 37.3 Å². The topological polar surface area (TPSA) is 68.1 Å². The van der Waals surface area contributed by atoms with Gasteiger partial charge < -0.3 is 5.32 Å². The molecule has 0 spiro atoms. The first-order valence-corrected chi connectivity index (χ1v) is 6.12. The lowest BCUT2D eigenvalue weighted by Crippen LogP contribution is -2.10. The highest BCUT2D eigenvalue weighted by Gasteiger charge is 2.12. The minimum absolute atomic E-state index is 0.0421. The molecule has 0 fully saturated rings. The first-order valence-electron chi connectivity index (χ1n) is 6.12. The summed E-state index contributed by atoms with van der Waals surface area (Å²) in [6.07, 6.45) is 2.31. The Balaban J connectivity index is 2.19. The largest absolute Gasteiger partial charge is 0.363 e. The average Bonchev–Trinajstić information content (AvgIpc) is 2.46. The van der Waals surface area contributed by atoms with Crippen molar-refractivity contribution in [2.24, 2.45) is 0 Å². The predicted molar refractivity (Wildman–Crippen MR) is 74.0 cm³/mol. The van der Waals surface area contributed by atoms with Crippen LogP contribution in [0.2, 0.25) is 0 Å². The summed E-state index contributed by atoms with van der Waals surface area (Å²) in [6.45, 7) is 2.06. The Labute approximate surface area is 111 Å². The number of anilines is 1. The molecule has 5 nitrogen and oxygen atoms in total. The van der Waals surface area contributed by atoms with Gasteiger partial charge in [0.05, 0.1) is 17.0 Å². The van der Waals surface area contributed by atoms with Gasteiger partial charge in [-0.2, -0.15) is 0 Å². The smallest absolute Gasteiger partial charge is 0.274 e. The van der Waals surface area contributed by atoms with Crippen molar-refractivity contribution in [3.63, 3.8) is 0 Å². The highest BCUT2D eigenvalue weighted by atomic mass is 16.6. The summed E-state index contributed by atoms with van der Waals surface area (Å²) in [5.41, 5.74) is 1.18. The molecule has 0 aliphatic rings. The summed E-state index contributed by atoms with van der Waals surface area (Å²) >= 11 is 0. The maximum atomic E-state index is 10.7. The molecule has 98 valence electrons. The zero-order valence-corrected chi connectivity index (χ0v) is 10.6. The van der Waals surface area contributed by atoms with Crippen molar-refractivity contribution < 1.29 is 4.92 Å². The van der Waals surface area contributed by atoms with E-state index in [1.54, 1.807) is 0 Å². The Kier molecular flexibility index (Phi) is 4.07. The van der Waals surface area contributed by atoms with Crippen molar-refractivity contribution in [2.75, 3.05) is 5.32 Å². The third kappa shape index (κ3) is 3.28. The molecular formula is C14H15N3O2. The second-order valence-electron chi connectivity index (χ2n) is 4.17. The molecule has 0 saturated heterocycles. The number of hydrogen-bond donors (Lipinski definition) is 1.